The Labute approximate surface area is 136 Å². The zero-order valence-electron chi connectivity index (χ0n) is 13.3. The zero-order valence-corrected chi connectivity index (χ0v) is 13.3. The van der Waals surface area contributed by atoms with E-state index >= 15 is 0 Å². The molecular weight excluding hydrogens is 290 g/mol. The van der Waals surface area contributed by atoms with Gasteiger partial charge in [-0.05, 0) is 24.6 Å². The molecule has 1 aromatic heterocycles. The second-order valence-corrected chi connectivity index (χ2v) is 5.57. The topological polar surface area (TPSA) is 47.4 Å². The highest BCUT2D eigenvalue weighted by atomic mass is 16.5. The molecule has 23 heavy (non-hydrogen) atoms. The minimum absolute atomic E-state index is 0.0270. The SMILES string of the molecule is CCC1CN(C(=O)/C=C/c2cnn(-c3ccccc3)c2)CCO1. The van der Waals surface area contributed by atoms with Crippen molar-refractivity contribution in [1.29, 1.82) is 0 Å². The van der Waals surface area contributed by atoms with Crippen LogP contribution in [0.1, 0.15) is 18.9 Å². The first-order valence-corrected chi connectivity index (χ1v) is 7.95. The fourth-order valence-corrected chi connectivity index (χ4v) is 2.58. The van der Waals surface area contributed by atoms with Crippen molar-refractivity contribution in [3.8, 4) is 5.69 Å². The molecule has 5 nitrogen and oxygen atoms in total. The van der Waals surface area contributed by atoms with Gasteiger partial charge >= 0.3 is 0 Å². The molecule has 0 aliphatic carbocycles. The van der Waals surface area contributed by atoms with Crippen LogP contribution < -0.4 is 0 Å². The van der Waals surface area contributed by atoms with Gasteiger partial charge in [0.1, 0.15) is 0 Å². The Morgan fingerprint density at radius 2 is 2.22 bits per heavy atom. The summed E-state index contributed by atoms with van der Waals surface area (Å²) in [6.45, 7) is 4.02. The van der Waals surface area contributed by atoms with Crippen LogP contribution in [0.25, 0.3) is 11.8 Å². The van der Waals surface area contributed by atoms with Gasteiger partial charge in [-0.2, -0.15) is 5.10 Å². The van der Waals surface area contributed by atoms with Gasteiger partial charge in [0.15, 0.2) is 0 Å². The molecule has 2 aromatic rings. The fourth-order valence-electron chi connectivity index (χ4n) is 2.58. The van der Waals surface area contributed by atoms with Gasteiger partial charge in [-0.25, -0.2) is 4.68 Å². The van der Waals surface area contributed by atoms with Crippen LogP contribution in [0.2, 0.25) is 0 Å². The van der Waals surface area contributed by atoms with Crippen molar-refractivity contribution in [1.82, 2.24) is 14.7 Å². The predicted molar refractivity (Wildman–Crippen MR) is 89.2 cm³/mol. The third-order valence-corrected chi connectivity index (χ3v) is 3.95. The predicted octanol–water partition coefficient (Wildman–Crippen LogP) is 2.52. The summed E-state index contributed by atoms with van der Waals surface area (Å²) in [5, 5.41) is 4.32. The highest BCUT2D eigenvalue weighted by Crippen LogP contribution is 2.11. The minimum Gasteiger partial charge on any atom is -0.375 e. The second kappa shape index (κ2) is 7.24. The molecule has 1 aliphatic heterocycles. The van der Waals surface area contributed by atoms with Crippen LogP contribution in [-0.2, 0) is 9.53 Å². The highest BCUT2D eigenvalue weighted by Gasteiger charge is 2.21. The molecule has 1 amide bonds. The second-order valence-electron chi connectivity index (χ2n) is 5.57. The van der Waals surface area contributed by atoms with E-state index in [1.165, 1.54) is 0 Å². The van der Waals surface area contributed by atoms with Crippen LogP contribution in [-0.4, -0.2) is 46.4 Å². The molecule has 0 radical (unpaired) electrons. The number of ether oxygens (including phenoxy) is 1. The van der Waals surface area contributed by atoms with Crippen molar-refractivity contribution < 1.29 is 9.53 Å². The quantitative estimate of drug-likeness (QED) is 0.815. The van der Waals surface area contributed by atoms with E-state index in [0.29, 0.717) is 19.7 Å². The first-order chi connectivity index (χ1) is 11.3. The summed E-state index contributed by atoms with van der Waals surface area (Å²) >= 11 is 0. The van der Waals surface area contributed by atoms with Gasteiger partial charge in [0, 0.05) is 30.9 Å². The van der Waals surface area contributed by atoms with Crippen molar-refractivity contribution in [2.75, 3.05) is 19.7 Å². The van der Waals surface area contributed by atoms with E-state index in [1.54, 1.807) is 17.0 Å². The number of para-hydroxylation sites is 1. The molecule has 0 saturated carbocycles. The van der Waals surface area contributed by atoms with Crippen LogP contribution in [0.5, 0.6) is 0 Å². The Morgan fingerprint density at radius 3 is 3.00 bits per heavy atom. The summed E-state index contributed by atoms with van der Waals surface area (Å²) in [7, 11) is 0. The summed E-state index contributed by atoms with van der Waals surface area (Å²) in [5.41, 5.74) is 1.90. The Kier molecular flexibility index (Phi) is 4.88. The number of hydrogen-bond acceptors (Lipinski definition) is 3. The van der Waals surface area contributed by atoms with Gasteiger partial charge in [0.25, 0.3) is 0 Å². The number of carbonyl (C=O) groups is 1. The number of hydrogen-bond donors (Lipinski definition) is 0. The van der Waals surface area contributed by atoms with Crippen LogP contribution in [0.15, 0.2) is 48.8 Å². The molecule has 120 valence electrons. The fraction of sp³-hybridized carbons (Fsp3) is 0.333. The molecule has 1 unspecified atom stereocenters. The average Bonchev–Trinajstić information content (AvgIpc) is 3.09. The minimum atomic E-state index is 0.0270. The summed E-state index contributed by atoms with van der Waals surface area (Å²) in [6, 6.07) is 9.89. The Balaban J connectivity index is 1.64. The number of morpholine rings is 1. The Bertz CT molecular complexity index is 679. The Morgan fingerprint density at radius 1 is 1.39 bits per heavy atom. The molecule has 0 spiro atoms. The summed E-state index contributed by atoms with van der Waals surface area (Å²) in [5.74, 6) is 0.0270. The van der Waals surface area contributed by atoms with Crippen LogP contribution >= 0.6 is 0 Å². The standard InChI is InChI=1S/C18H21N3O2/c1-2-17-14-20(10-11-23-17)18(22)9-8-15-12-19-21(13-15)16-6-4-3-5-7-16/h3-9,12-13,17H,2,10-11,14H2,1H3/b9-8+. The lowest BCUT2D eigenvalue weighted by atomic mass is 10.2. The smallest absolute Gasteiger partial charge is 0.246 e. The van der Waals surface area contributed by atoms with E-state index in [9.17, 15) is 4.79 Å². The molecule has 0 bridgehead atoms. The van der Waals surface area contributed by atoms with E-state index in [0.717, 1.165) is 17.7 Å². The first kappa shape index (κ1) is 15.5. The van der Waals surface area contributed by atoms with Crippen molar-refractivity contribution in [2.45, 2.75) is 19.4 Å². The third kappa shape index (κ3) is 3.87. The van der Waals surface area contributed by atoms with Crippen molar-refractivity contribution in [3.05, 3.63) is 54.4 Å². The Hall–Kier alpha value is -2.40. The summed E-state index contributed by atoms with van der Waals surface area (Å²) < 4.78 is 7.39. The molecule has 2 heterocycles. The van der Waals surface area contributed by atoms with E-state index < -0.39 is 0 Å². The lowest BCUT2D eigenvalue weighted by Crippen LogP contribution is -2.44. The number of amides is 1. The molecule has 3 rings (SSSR count). The van der Waals surface area contributed by atoms with E-state index in [1.807, 2.05) is 47.5 Å². The molecule has 1 aromatic carbocycles. The van der Waals surface area contributed by atoms with E-state index in [2.05, 4.69) is 12.0 Å². The maximum Gasteiger partial charge on any atom is 0.246 e. The number of carbonyl (C=O) groups excluding carboxylic acids is 1. The number of benzene rings is 1. The lowest BCUT2D eigenvalue weighted by molar-refractivity contribution is -0.133. The number of aromatic nitrogens is 2. The van der Waals surface area contributed by atoms with Gasteiger partial charge in [0.05, 0.1) is 24.6 Å². The van der Waals surface area contributed by atoms with Gasteiger partial charge in [-0.1, -0.05) is 25.1 Å². The molecule has 1 fully saturated rings. The van der Waals surface area contributed by atoms with Crippen LogP contribution in [0.3, 0.4) is 0 Å². The molecule has 1 atom stereocenters. The highest BCUT2D eigenvalue weighted by molar-refractivity contribution is 5.91. The van der Waals surface area contributed by atoms with Crippen molar-refractivity contribution >= 4 is 12.0 Å². The van der Waals surface area contributed by atoms with Crippen LogP contribution in [0.4, 0.5) is 0 Å². The molecule has 5 heteroatoms. The van der Waals surface area contributed by atoms with Crippen molar-refractivity contribution in [2.24, 2.45) is 0 Å². The summed E-state index contributed by atoms with van der Waals surface area (Å²) in [6.07, 6.45) is 8.17. The normalized spacial score (nSPS) is 18.5. The number of rotatable bonds is 4. The molecule has 0 N–H and O–H groups in total. The number of nitrogens with zero attached hydrogens (tertiary/aromatic N) is 3. The molecule has 1 aliphatic rings. The van der Waals surface area contributed by atoms with Gasteiger partial charge in [-0.3, -0.25) is 4.79 Å². The zero-order chi connectivity index (χ0) is 16.1. The third-order valence-electron chi connectivity index (χ3n) is 3.95. The lowest BCUT2D eigenvalue weighted by Gasteiger charge is -2.31. The van der Waals surface area contributed by atoms with Gasteiger partial charge in [0.2, 0.25) is 5.91 Å². The van der Waals surface area contributed by atoms with Crippen LogP contribution in [0, 0.1) is 0 Å². The van der Waals surface area contributed by atoms with Gasteiger partial charge in [-0.15, -0.1) is 0 Å². The molecule has 1 saturated heterocycles. The van der Waals surface area contributed by atoms with Crippen molar-refractivity contribution in [3.63, 3.8) is 0 Å². The first-order valence-electron chi connectivity index (χ1n) is 7.95. The molecular formula is C18H21N3O2. The summed E-state index contributed by atoms with van der Waals surface area (Å²) in [4.78, 5) is 14.1. The maximum atomic E-state index is 12.3. The maximum absolute atomic E-state index is 12.3. The monoisotopic (exact) mass is 311 g/mol. The van der Waals surface area contributed by atoms with E-state index in [4.69, 9.17) is 4.74 Å². The van der Waals surface area contributed by atoms with E-state index in [-0.39, 0.29) is 12.0 Å². The average molecular weight is 311 g/mol. The largest absolute Gasteiger partial charge is 0.375 e. The van der Waals surface area contributed by atoms with Gasteiger partial charge < -0.3 is 9.64 Å².